The first-order valence-electron chi connectivity index (χ1n) is 5.89. The number of anilines is 1. The molecule has 0 aliphatic carbocycles. The first kappa shape index (κ1) is 13.2. The summed E-state index contributed by atoms with van der Waals surface area (Å²) in [5.41, 5.74) is 0.536. The highest BCUT2D eigenvalue weighted by Gasteiger charge is 2.32. The number of rotatable bonds is 3. The minimum absolute atomic E-state index is 0.0211. The second-order valence-corrected chi connectivity index (χ2v) is 4.25. The van der Waals surface area contributed by atoms with Crippen molar-refractivity contribution in [2.24, 2.45) is 0 Å². The molecule has 2 amide bonds. The molecular weight excluding hydrogens is 248 g/mol. The van der Waals surface area contributed by atoms with Gasteiger partial charge in [0.1, 0.15) is 24.1 Å². The van der Waals surface area contributed by atoms with Crippen LogP contribution in [0.25, 0.3) is 0 Å². The summed E-state index contributed by atoms with van der Waals surface area (Å²) < 4.78 is 10.4. The van der Waals surface area contributed by atoms with E-state index in [1.807, 2.05) is 0 Å². The van der Waals surface area contributed by atoms with Crippen molar-refractivity contribution in [3.8, 4) is 11.5 Å². The van der Waals surface area contributed by atoms with Crippen molar-refractivity contribution in [1.29, 1.82) is 0 Å². The van der Waals surface area contributed by atoms with Crippen LogP contribution in [0, 0.1) is 0 Å². The first-order chi connectivity index (χ1) is 9.06. The van der Waals surface area contributed by atoms with E-state index >= 15 is 0 Å². The molecule has 2 rings (SSSR count). The maximum atomic E-state index is 12.2. The molecule has 1 unspecified atom stereocenters. The summed E-state index contributed by atoms with van der Waals surface area (Å²) >= 11 is 0. The lowest BCUT2D eigenvalue weighted by Gasteiger charge is -2.31. The molecule has 0 saturated carbocycles. The quantitative estimate of drug-likeness (QED) is 0.866. The zero-order valence-electron chi connectivity index (χ0n) is 11.1. The van der Waals surface area contributed by atoms with E-state index in [-0.39, 0.29) is 18.4 Å². The van der Waals surface area contributed by atoms with Crippen molar-refractivity contribution >= 4 is 17.5 Å². The van der Waals surface area contributed by atoms with Gasteiger partial charge in [-0.15, -0.1) is 0 Å². The number of hydrogen-bond acceptors (Lipinski definition) is 4. The fourth-order valence-electron chi connectivity index (χ4n) is 2.02. The number of hydrogen-bond donors (Lipinski definition) is 1. The summed E-state index contributed by atoms with van der Waals surface area (Å²) in [6.45, 7) is 1.63. The van der Waals surface area contributed by atoms with Crippen molar-refractivity contribution < 1.29 is 19.1 Å². The molecule has 1 aliphatic rings. The zero-order valence-corrected chi connectivity index (χ0v) is 11.1. The Balaban J connectivity index is 2.43. The normalized spacial score (nSPS) is 19.1. The van der Waals surface area contributed by atoms with Gasteiger partial charge in [-0.3, -0.25) is 14.5 Å². The van der Waals surface area contributed by atoms with E-state index in [4.69, 9.17) is 9.47 Å². The lowest BCUT2D eigenvalue weighted by atomic mass is 10.1. The van der Waals surface area contributed by atoms with Crippen molar-refractivity contribution in [2.75, 3.05) is 25.7 Å². The standard InChI is InChI=1S/C13H16N2O4/c1-8-13(17)15(7-12(16)14-8)10-6-9(18-2)4-5-11(10)19-3/h4-6,8H,7H2,1-3H3,(H,14,16). The smallest absolute Gasteiger partial charge is 0.249 e. The molecule has 19 heavy (non-hydrogen) atoms. The molecule has 6 nitrogen and oxygen atoms in total. The van der Waals surface area contributed by atoms with E-state index in [1.54, 1.807) is 32.2 Å². The minimum Gasteiger partial charge on any atom is -0.497 e. The predicted molar refractivity (Wildman–Crippen MR) is 69.5 cm³/mol. The van der Waals surface area contributed by atoms with Crippen LogP contribution in [0.15, 0.2) is 18.2 Å². The summed E-state index contributed by atoms with van der Waals surface area (Å²) in [6.07, 6.45) is 0. The fourth-order valence-corrected chi connectivity index (χ4v) is 2.02. The Morgan fingerprint density at radius 1 is 1.26 bits per heavy atom. The molecule has 6 heteroatoms. The lowest BCUT2D eigenvalue weighted by Crippen LogP contribution is -2.57. The molecule has 1 aromatic rings. The Hall–Kier alpha value is -2.24. The third-order valence-electron chi connectivity index (χ3n) is 2.99. The number of ether oxygens (including phenoxy) is 2. The van der Waals surface area contributed by atoms with Gasteiger partial charge in [-0.25, -0.2) is 0 Å². The highest BCUT2D eigenvalue weighted by molar-refractivity contribution is 6.07. The first-order valence-corrected chi connectivity index (χ1v) is 5.89. The summed E-state index contributed by atoms with van der Waals surface area (Å²) in [6, 6.07) is 4.58. The molecular formula is C13H16N2O4. The molecule has 0 bridgehead atoms. The molecule has 1 atom stereocenters. The highest BCUT2D eigenvalue weighted by atomic mass is 16.5. The van der Waals surface area contributed by atoms with Crippen LogP contribution in [-0.2, 0) is 9.59 Å². The maximum Gasteiger partial charge on any atom is 0.249 e. The highest BCUT2D eigenvalue weighted by Crippen LogP contribution is 2.33. The molecule has 0 spiro atoms. The summed E-state index contributed by atoms with van der Waals surface area (Å²) in [5, 5.41) is 2.59. The van der Waals surface area contributed by atoms with Crippen molar-refractivity contribution in [2.45, 2.75) is 13.0 Å². The van der Waals surface area contributed by atoms with Gasteiger partial charge in [0, 0.05) is 6.07 Å². The van der Waals surface area contributed by atoms with Gasteiger partial charge in [-0.05, 0) is 19.1 Å². The van der Waals surface area contributed by atoms with E-state index in [0.29, 0.717) is 17.2 Å². The van der Waals surface area contributed by atoms with Crippen LogP contribution >= 0.6 is 0 Å². The monoisotopic (exact) mass is 264 g/mol. The van der Waals surface area contributed by atoms with E-state index in [1.165, 1.54) is 12.0 Å². The zero-order chi connectivity index (χ0) is 14.0. The second kappa shape index (κ2) is 5.17. The minimum atomic E-state index is -0.544. The van der Waals surface area contributed by atoms with Gasteiger partial charge in [0.2, 0.25) is 11.8 Å². The Labute approximate surface area is 111 Å². The Morgan fingerprint density at radius 3 is 2.63 bits per heavy atom. The molecule has 1 heterocycles. The van der Waals surface area contributed by atoms with Crippen molar-refractivity contribution in [3.05, 3.63) is 18.2 Å². The van der Waals surface area contributed by atoms with Crippen LogP contribution in [0.5, 0.6) is 11.5 Å². The summed E-state index contributed by atoms with van der Waals surface area (Å²) in [4.78, 5) is 25.1. The molecule has 1 aliphatic heterocycles. The third-order valence-corrected chi connectivity index (χ3v) is 2.99. The Morgan fingerprint density at radius 2 is 2.00 bits per heavy atom. The van der Waals surface area contributed by atoms with E-state index in [2.05, 4.69) is 5.32 Å². The molecule has 1 N–H and O–H groups in total. The van der Waals surface area contributed by atoms with Crippen molar-refractivity contribution in [1.82, 2.24) is 5.32 Å². The average molecular weight is 264 g/mol. The van der Waals surface area contributed by atoms with Crippen LogP contribution in [0.2, 0.25) is 0 Å². The average Bonchev–Trinajstić information content (AvgIpc) is 2.42. The van der Waals surface area contributed by atoms with Crippen LogP contribution in [0.3, 0.4) is 0 Å². The number of carbonyl (C=O) groups excluding carboxylic acids is 2. The van der Waals surface area contributed by atoms with Crippen LogP contribution < -0.4 is 19.7 Å². The molecule has 1 saturated heterocycles. The molecule has 102 valence electrons. The molecule has 0 radical (unpaired) electrons. The summed E-state index contributed by atoms with van der Waals surface area (Å²) in [5.74, 6) is 0.751. The van der Waals surface area contributed by atoms with Gasteiger partial charge < -0.3 is 14.8 Å². The number of methoxy groups -OCH3 is 2. The van der Waals surface area contributed by atoms with E-state index in [0.717, 1.165) is 0 Å². The second-order valence-electron chi connectivity index (χ2n) is 4.25. The van der Waals surface area contributed by atoms with Crippen LogP contribution in [0.1, 0.15) is 6.92 Å². The number of nitrogens with one attached hydrogen (secondary N) is 1. The maximum absolute atomic E-state index is 12.2. The number of amides is 2. The van der Waals surface area contributed by atoms with Gasteiger partial charge in [0.15, 0.2) is 0 Å². The lowest BCUT2D eigenvalue weighted by molar-refractivity contribution is -0.130. The topological polar surface area (TPSA) is 67.9 Å². The number of nitrogens with zero attached hydrogens (tertiary/aromatic N) is 1. The number of carbonyl (C=O) groups is 2. The van der Waals surface area contributed by atoms with E-state index < -0.39 is 6.04 Å². The molecule has 1 aromatic carbocycles. The van der Waals surface area contributed by atoms with Gasteiger partial charge in [-0.1, -0.05) is 0 Å². The number of piperazine rings is 1. The molecule has 1 fully saturated rings. The van der Waals surface area contributed by atoms with Crippen LogP contribution in [0.4, 0.5) is 5.69 Å². The largest absolute Gasteiger partial charge is 0.497 e. The van der Waals surface area contributed by atoms with Gasteiger partial charge in [0.05, 0.1) is 19.9 Å². The van der Waals surface area contributed by atoms with Gasteiger partial charge in [0.25, 0.3) is 0 Å². The van der Waals surface area contributed by atoms with Crippen molar-refractivity contribution in [3.63, 3.8) is 0 Å². The van der Waals surface area contributed by atoms with E-state index in [9.17, 15) is 9.59 Å². The van der Waals surface area contributed by atoms with Crippen LogP contribution in [-0.4, -0.2) is 38.6 Å². The predicted octanol–water partition coefficient (Wildman–Crippen LogP) is 0.555. The fraction of sp³-hybridized carbons (Fsp3) is 0.385. The number of benzene rings is 1. The Bertz CT molecular complexity index is 515. The Kier molecular flexibility index (Phi) is 3.59. The van der Waals surface area contributed by atoms with Gasteiger partial charge >= 0.3 is 0 Å². The van der Waals surface area contributed by atoms with Gasteiger partial charge in [-0.2, -0.15) is 0 Å². The summed E-state index contributed by atoms with van der Waals surface area (Å²) in [7, 11) is 3.06. The third kappa shape index (κ3) is 2.47. The SMILES string of the molecule is COc1ccc(OC)c(N2CC(=O)NC(C)C2=O)c1. The molecule has 0 aromatic heterocycles.